The minimum Gasteiger partial charge on any atom is -0.383 e. The van der Waals surface area contributed by atoms with Crippen molar-refractivity contribution in [2.24, 2.45) is 0 Å². The van der Waals surface area contributed by atoms with E-state index in [1.165, 1.54) is 12.1 Å². The van der Waals surface area contributed by atoms with E-state index in [1.807, 2.05) is 0 Å². The van der Waals surface area contributed by atoms with Gasteiger partial charge < -0.3 is 15.4 Å². The first-order valence-corrected chi connectivity index (χ1v) is 11.6. The van der Waals surface area contributed by atoms with Crippen molar-refractivity contribution in [2.45, 2.75) is 32.0 Å². The Bertz CT molecular complexity index is 1140. The van der Waals surface area contributed by atoms with Crippen LogP contribution in [0, 0.1) is 17.0 Å². The zero-order valence-corrected chi connectivity index (χ0v) is 19.6. The summed E-state index contributed by atoms with van der Waals surface area (Å²) in [5.74, 6) is 1.22. The average Bonchev–Trinajstić information content (AvgIpc) is 3.20. The van der Waals surface area contributed by atoms with Crippen molar-refractivity contribution >= 4 is 40.2 Å². The molecule has 12 heteroatoms. The summed E-state index contributed by atoms with van der Waals surface area (Å²) in [5, 5.41) is 23.1. The first kappa shape index (κ1) is 24.4. The van der Waals surface area contributed by atoms with Crippen molar-refractivity contribution in [3.05, 3.63) is 45.6 Å². The molecule has 0 radical (unpaired) electrons. The largest absolute Gasteiger partial charge is 0.383 e. The molecule has 2 N–H and O–H groups in total. The molecule has 0 aliphatic heterocycles. The highest BCUT2D eigenvalue weighted by molar-refractivity contribution is 7.99. The van der Waals surface area contributed by atoms with E-state index in [2.05, 4.69) is 32.6 Å². The molecule has 0 atom stereocenters. The van der Waals surface area contributed by atoms with Crippen LogP contribution < -0.4 is 10.6 Å². The van der Waals surface area contributed by atoms with Crippen LogP contribution in [-0.2, 0) is 11.3 Å². The van der Waals surface area contributed by atoms with E-state index in [0.29, 0.717) is 41.9 Å². The smallest absolute Gasteiger partial charge is 0.273 e. The number of anilines is 1. The molecule has 0 unspecified atom stereocenters. The number of nitrogens with one attached hydrogen (secondary N) is 2. The normalized spacial score (nSPS) is 11.0. The number of carbonyl (C=O) groups excluding carboxylic acids is 1. The zero-order valence-electron chi connectivity index (χ0n) is 18.8. The van der Waals surface area contributed by atoms with Gasteiger partial charge in [-0.25, -0.2) is 14.6 Å². The van der Waals surface area contributed by atoms with Gasteiger partial charge in [-0.3, -0.25) is 14.9 Å². The molecule has 1 aromatic carbocycles. The quantitative estimate of drug-likeness (QED) is 0.134. The number of fused-ring (bicyclic) bond motifs is 1. The molecular weight excluding hydrogens is 446 g/mol. The van der Waals surface area contributed by atoms with E-state index in [1.54, 1.807) is 42.7 Å². The van der Waals surface area contributed by atoms with Gasteiger partial charge in [-0.15, -0.1) is 0 Å². The minimum atomic E-state index is -0.492. The summed E-state index contributed by atoms with van der Waals surface area (Å²) in [4.78, 5) is 32.5. The van der Waals surface area contributed by atoms with Crippen LogP contribution in [0.4, 0.5) is 11.5 Å². The van der Waals surface area contributed by atoms with Crippen LogP contribution in [0.5, 0.6) is 0 Å². The van der Waals surface area contributed by atoms with Gasteiger partial charge >= 0.3 is 0 Å². The topological polar surface area (TPSA) is 137 Å². The summed E-state index contributed by atoms with van der Waals surface area (Å²) in [5.41, 5.74) is 1.20. The highest BCUT2D eigenvalue weighted by Gasteiger charge is 2.18. The lowest BCUT2D eigenvalue weighted by Gasteiger charge is -2.10. The molecule has 0 aliphatic rings. The minimum absolute atomic E-state index is 0.0805. The number of hydrogen-bond donors (Lipinski definition) is 2. The maximum atomic E-state index is 12.6. The Morgan fingerprint density at radius 1 is 1.30 bits per heavy atom. The van der Waals surface area contributed by atoms with Gasteiger partial charge in [0.25, 0.3) is 11.6 Å². The third-order valence-corrected chi connectivity index (χ3v) is 5.92. The van der Waals surface area contributed by atoms with E-state index in [0.717, 1.165) is 17.6 Å². The predicted molar refractivity (Wildman–Crippen MR) is 127 cm³/mol. The van der Waals surface area contributed by atoms with Gasteiger partial charge in [0.1, 0.15) is 5.82 Å². The Labute approximate surface area is 195 Å². The van der Waals surface area contributed by atoms with E-state index in [9.17, 15) is 14.9 Å². The molecule has 0 bridgehead atoms. The molecule has 0 saturated carbocycles. The number of carbonyl (C=O) groups is 1. The number of nitro groups is 1. The van der Waals surface area contributed by atoms with Gasteiger partial charge in [-0.2, -0.15) is 5.10 Å². The third-order valence-electron chi connectivity index (χ3n) is 4.87. The van der Waals surface area contributed by atoms with Crippen molar-refractivity contribution in [3.63, 3.8) is 0 Å². The lowest BCUT2D eigenvalue weighted by molar-refractivity contribution is -0.385. The second-order valence-electron chi connectivity index (χ2n) is 7.19. The fourth-order valence-corrected chi connectivity index (χ4v) is 3.89. The van der Waals surface area contributed by atoms with Crippen LogP contribution in [0.1, 0.15) is 29.3 Å². The van der Waals surface area contributed by atoms with Gasteiger partial charge in [-0.05, 0) is 19.4 Å². The van der Waals surface area contributed by atoms with E-state index < -0.39 is 4.92 Å². The van der Waals surface area contributed by atoms with E-state index in [4.69, 9.17) is 4.74 Å². The molecule has 3 rings (SSSR count). The number of amides is 1. The zero-order chi connectivity index (χ0) is 23.8. The summed E-state index contributed by atoms with van der Waals surface area (Å²) >= 11 is 1.57. The second kappa shape index (κ2) is 11.6. The van der Waals surface area contributed by atoms with Crippen molar-refractivity contribution in [2.75, 3.05) is 37.9 Å². The number of ether oxygens (including phenoxy) is 1. The van der Waals surface area contributed by atoms with Crippen LogP contribution in [0.15, 0.2) is 29.6 Å². The molecule has 176 valence electrons. The molecule has 1 amide bonds. The van der Waals surface area contributed by atoms with Crippen molar-refractivity contribution in [1.29, 1.82) is 0 Å². The highest BCUT2D eigenvalue weighted by atomic mass is 32.2. The summed E-state index contributed by atoms with van der Waals surface area (Å²) in [6.45, 7) is 5.48. The van der Waals surface area contributed by atoms with Gasteiger partial charge in [0.05, 0.1) is 29.7 Å². The molecule has 2 heterocycles. The van der Waals surface area contributed by atoms with Crippen LogP contribution in [-0.4, -0.2) is 63.1 Å². The first-order chi connectivity index (χ1) is 16.0. The van der Waals surface area contributed by atoms with Gasteiger partial charge in [0.15, 0.2) is 10.8 Å². The monoisotopic (exact) mass is 473 g/mol. The number of rotatable bonds is 12. The summed E-state index contributed by atoms with van der Waals surface area (Å²) < 4.78 is 6.82. The number of nitro benzene ring substituents is 1. The van der Waals surface area contributed by atoms with Gasteiger partial charge in [0, 0.05) is 43.1 Å². The number of hydrogen-bond acceptors (Lipinski definition) is 9. The van der Waals surface area contributed by atoms with Crippen molar-refractivity contribution < 1.29 is 14.5 Å². The lowest BCUT2D eigenvalue weighted by Crippen LogP contribution is -2.28. The number of benzene rings is 1. The van der Waals surface area contributed by atoms with Crippen molar-refractivity contribution in [3.8, 4) is 0 Å². The predicted octanol–water partition coefficient (Wildman–Crippen LogP) is 3.03. The maximum Gasteiger partial charge on any atom is 0.273 e. The van der Waals surface area contributed by atoms with Crippen LogP contribution >= 0.6 is 11.8 Å². The molecule has 0 spiro atoms. The van der Waals surface area contributed by atoms with E-state index in [-0.39, 0.29) is 23.7 Å². The standard InChI is InChI=1S/C21H27N7O4S/c1-4-12-33-21-25-18(22-9-11-32-3)16-13-24-27(19(16)26-21)10-8-23-20(29)15-6-5-7-17(14(15)2)28(30)31/h5-7,13H,4,8-12H2,1-3H3,(H,23,29)(H,22,25,26). The summed E-state index contributed by atoms with van der Waals surface area (Å²) in [6, 6.07) is 4.46. The average molecular weight is 474 g/mol. The Hall–Kier alpha value is -3.25. The Kier molecular flexibility index (Phi) is 8.55. The molecule has 0 saturated heterocycles. The summed E-state index contributed by atoms with van der Waals surface area (Å²) in [6.07, 6.45) is 2.70. The van der Waals surface area contributed by atoms with E-state index >= 15 is 0 Å². The Morgan fingerprint density at radius 3 is 2.85 bits per heavy atom. The molecule has 2 aromatic heterocycles. The van der Waals surface area contributed by atoms with Crippen LogP contribution in [0.3, 0.4) is 0 Å². The number of aromatic nitrogens is 4. The van der Waals surface area contributed by atoms with Crippen LogP contribution in [0.2, 0.25) is 0 Å². The molecule has 33 heavy (non-hydrogen) atoms. The molecule has 11 nitrogen and oxygen atoms in total. The SMILES string of the molecule is CCCSc1nc(NCCOC)c2cnn(CCNC(=O)c3cccc([N+](=O)[O-])c3C)c2n1. The van der Waals surface area contributed by atoms with Gasteiger partial charge in [0.2, 0.25) is 0 Å². The maximum absolute atomic E-state index is 12.6. The molecule has 3 aromatic rings. The second-order valence-corrected chi connectivity index (χ2v) is 8.25. The molecular formula is C21H27N7O4S. The highest BCUT2D eigenvalue weighted by Crippen LogP contribution is 2.25. The van der Waals surface area contributed by atoms with Crippen molar-refractivity contribution in [1.82, 2.24) is 25.1 Å². The Morgan fingerprint density at radius 2 is 2.12 bits per heavy atom. The molecule has 0 fully saturated rings. The summed E-state index contributed by atoms with van der Waals surface area (Å²) in [7, 11) is 1.64. The number of thioether (sulfide) groups is 1. The Balaban J connectivity index is 1.75. The van der Waals surface area contributed by atoms with Gasteiger partial charge in [-0.1, -0.05) is 24.8 Å². The fourth-order valence-electron chi connectivity index (χ4n) is 3.20. The lowest BCUT2D eigenvalue weighted by atomic mass is 10.1. The number of nitrogens with zero attached hydrogens (tertiary/aromatic N) is 5. The first-order valence-electron chi connectivity index (χ1n) is 10.6. The van der Waals surface area contributed by atoms with Crippen LogP contribution in [0.25, 0.3) is 11.0 Å². The third kappa shape index (κ3) is 5.96. The fraction of sp³-hybridized carbons (Fsp3) is 0.429. The number of methoxy groups -OCH3 is 1. The molecule has 0 aliphatic carbocycles.